The van der Waals surface area contributed by atoms with Crippen LogP contribution in [0.3, 0.4) is 0 Å². The summed E-state index contributed by atoms with van der Waals surface area (Å²) in [6, 6.07) is 3.83. The van der Waals surface area contributed by atoms with Crippen molar-refractivity contribution < 1.29 is 23.1 Å². The summed E-state index contributed by atoms with van der Waals surface area (Å²) in [5, 5.41) is 13.7. The molecule has 0 unspecified atom stereocenters. The summed E-state index contributed by atoms with van der Waals surface area (Å²) in [6.07, 6.45) is 0.282. The Morgan fingerprint density at radius 1 is 1.28 bits per heavy atom. The molecule has 0 spiro atoms. The number of sulfonamides is 1. The van der Waals surface area contributed by atoms with Crippen molar-refractivity contribution in [2.75, 3.05) is 18.9 Å². The predicted molar refractivity (Wildman–Crippen MR) is 95.2 cm³/mol. The van der Waals surface area contributed by atoms with E-state index in [1.807, 2.05) is 0 Å². The van der Waals surface area contributed by atoms with E-state index in [0.29, 0.717) is 17.7 Å². The van der Waals surface area contributed by atoms with Gasteiger partial charge in [0.15, 0.2) is 0 Å². The number of aliphatic carboxylic acids is 1. The lowest BCUT2D eigenvalue weighted by Gasteiger charge is -2.21. The number of carboxylic acids is 1. The van der Waals surface area contributed by atoms with E-state index in [-0.39, 0.29) is 23.9 Å². The largest absolute Gasteiger partial charge is 0.481 e. The molecule has 25 heavy (non-hydrogen) atoms. The molecule has 2 amide bonds. The summed E-state index contributed by atoms with van der Waals surface area (Å²) in [5.41, 5.74) is 1.10. The highest BCUT2D eigenvalue weighted by atomic mass is 32.2. The number of anilines is 1. The summed E-state index contributed by atoms with van der Waals surface area (Å²) in [7, 11) is -2.15. The van der Waals surface area contributed by atoms with Crippen LogP contribution in [0.5, 0.6) is 0 Å². The van der Waals surface area contributed by atoms with E-state index in [0.717, 1.165) is 0 Å². The van der Waals surface area contributed by atoms with Gasteiger partial charge in [0.1, 0.15) is 0 Å². The smallest absolute Gasteiger partial charge is 0.319 e. The Morgan fingerprint density at radius 2 is 1.92 bits per heavy atom. The molecule has 0 fully saturated rings. The van der Waals surface area contributed by atoms with Crippen molar-refractivity contribution in [1.82, 2.24) is 9.62 Å². The molecule has 8 nitrogen and oxygen atoms in total. The van der Waals surface area contributed by atoms with E-state index in [1.54, 1.807) is 26.8 Å². The average Bonchev–Trinajstić information content (AvgIpc) is 2.52. The first kappa shape index (κ1) is 20.9. The van der Waals surface area contributed by atoms with Crippen molar-refractivity contribution in [2.45, 2.75) is 44.6 Å². The topological polar surface area (TPSA) is 116 Å². The number of amides is 2. The van der Waals surface area contributed by atoms with Crippen LogP contribution in [0.15, 0.2) is 23.1 Å². The van der Waals surface area contributed by atoms with Crippen LogP contribution in [-0.2, 0) is 14.8 Å². The van der Waals surface area contributed by atoms with Gasteiger partial charge in [0, 0.05) is 31.7 Å². The van der Waals surface area contributed by atoms with Crippen LogP contribution >= 0.6 is 0 Å². The molecule has 0 aliphatic carbocycles. The highest BCUT2D eigenvalue weighted by Crippen LogP contribution is 2.23. The second-order valence-electron chi connectivity index (χ2n) is 5.97. The molecule has 0 saturated carbocycles. The van der Waals surface area contributed by atoms with Crippen molar-refractivity contribution in [3.05, 3.63) is 23.8 Å². The summed E-state index contributed by atoms with van der Waals surface area (Å²) in [4.78, 5) is 22.4. The summed E-state index contributed by atoms with van der Waals surface area (Å²) in [5.74, 6) is -0.926. The maximum Gasteiger partial charge on any atom is 0.319 e. The van der Waals surface area contributed by atoms with Gasteiger partial charge in [0.05, 0.1) is 4.90 Å². The SMILES string of the molecule is Cc1ccc(S(=O)(=O)N(C)C(C)C)cc1NC(=O)NCCCC(=O)O. The number of urea groups is 1. The van der Waals surface area contributed by atoms with E-state index in [9.17, 15) is 18.0 Å². The summed E-state index contributed by atoms with van der Waals surface area (Å²) < 4.78 is 26.3. The molecule has 0 bridgehead atoms. The maximum atomic E-state index is 12.5. The third-order valence-electron chi connectivity index (χ3n) is 3.71. The first-order chi connectivity index (χ1) is 11.6. The van der Waals surface area contributed by atoms with Crippen molar-refractivity contribution >= 4 is 27.7 Å². The second-order valence-corrected chi connectivity index (χ2v) is 7.97. The minimum Gasteiger partial charge on any atom is -0.481 e. The van der Waals surface area contributed by atoms with Crippen LogP contribution in [0.25, 0.3) is 0 Å². The summed E-state index contributed by atoms with van der Waals surface area (Å²) in [6.45, 7) is 5.51. The highest BCUT2D eigenvalue weighted by molar-refractivity contribution is 7.89. The van der Waals surface area contributed by atoms with E-state index < -0.39 is 22.0 Å². The maximum absolute atomic E-state index is 12.5. The van der Waals surface area contributed by atoms with Crippen LogP contribution in [0.4, 0.5) is 10.5 Å². The number of nitrogens with zero attached hydrogens (tertiary/aromatic N) is 1. The molecule has 1 aromatic carbocycles. The van der Waals surface area contributed by atoms with E-state index >= 15 is 0 Å². The minimum atomic E-state index is -3.65. The van der Waals surface area contributed by atoms with E-state index in [2.05, 4.69) is 10.6 Å². The molecular formula is C16H25N3O5S. The molecule has 0 aliphatic rings. The zero-order valence-corrected chi connectivity index (χ0v) is 15.7. The molecular weight excluding hydrogens is 346 g/mol. The number of hydrogen-bond acceptors (Lipinski definition) is 4. The van der Waals surface area contributed by atoms with Gasteiger partial charge in [-0.05, 0) is 44.9 Å². The quantitative estimate of drug-likeness (QED) is 0.605. The third-order valence-corrected chi connectivity index (χ3v) is 5.74. The molecule has 0 aromatic heterocycles. The Bertz CT molecular complexity index is 731. The van der Waals surface area contributed by atoms with Crippen LogP contribution in [0, 0.1) is 6.92 Å². The Labute approximate surface area is 148 Å². The van der Waals surface area contributed by atoms with Gasteiger partial charge in [-0.2, -0.15) is 4.31 Å². The van der Waals surface area contributed by atoms with Crippen molar-refractivity contribution in [2.24, 2.45) is 0 Å². The number of carbonyl (C=O) groups excluding carboxylic acids is 1. The van der Waals surface area contributed by atoms with Crippen molar-refractivity contribution in [1.29, 1.82) is 0 Å². The van der Waals surface area contributed by atoms with Gasteiger partial charge in [-0.1, -0.05) is 6.07 Å². The van der Waals surface area contributed by atoms with Crippen LogP contribution in [0.1, 0.15) is 32.3 Å². The molecule has 0 atom stereocenters. The molecule has 0 radical (unpaired) electrons. The van der Waals surface area contributed by atoms with E-state index in [1.165, 1.54) is 23.5 Å². The van der Waals surface area contributed by atoms with Gasteiger partial charge in [0.25, 0.3) is 0 Å². The van der Waals surface area contributed by atoms with E-state index in [4.69, 9.17) is 5.11 Å². The number of aryl methyl sites for hydroxylation is 1. The fourth-order valence-electron chi connectivity index (χ4n) is 1.95. The zero-order valence-electron chi connectivity index (χ0n) is 14.9. The normalized spacial score (nSPS) is 11.6. The number of hydrogen-bond donors (Lipinski definition) is 3. The van der Waals surface area contributed by atoms with Gasteiger partial charge in [0.2, 0.25) is 10.0 Å². The van der Waals surface area contributed by atoms with Gasteiger partial charge in [-0.15, -0.1) is 0 Å². The fraction of sp³-hybridized carbons (Fsp3) is 0.500. The predicted octanol–water partition coefficient (Wildman–Crippen LogP) is 2.01. The van der Waals surface area contributed by atoms with Gasteiger partial charge in [-0.3, -0.25) is 4.79 Å². The van der Waals surface area contributed by atoms with Crippen LogP contribution < -0.4 is 10.6 Å². The summed E-state index contributed by atoms with van der Waals surface area (Å²) >= 11 is 0. The lowest BCUT2D eigenvalue weighted by Crippen LogP contribution is -2.33. The molecule has 0 saturated heterocycles. The monoisotopic (exact) mass is 371 g/mol. The molecule has 3 N–H and O–H groups in total. The molecule has 0 heterocycles. The lowest BCUT2D eigenvalue weighted by atomic mass is 10.2. The Kier molecular flexibility index (Phi) is 7.38. The van der Waals surface area contributed by atoms with Crippen molar-refractivity contribution in [3.63, 3.8) is 0 Å². The number of rotatable bonds is 8. The van der Waals surface area contributed by atoms with Crippen LogP contribution in [-0.4, -0.2) is 49.5 Å². The standard InChI is InChI=1S/C16H25N3O5S/c1-11(2)19(4)25(23,24)13-8-7-12(3)14(10-13)18-16(22)17-9-5-6-15(20)21/h7-8,10-11H,5-6,9H2,1-4H3,(H,20,21)(H2,17,18,22). The lowest BCUT2D eigenvalue weighted by molar-refractivity contribution is -0.137. The number of carbonyl (C=O) groups is 2. The number of carboxylic acid groups (broad SMARTS) is 1. The van der Waals surface area contributed by atoms with Gasteiger partial charge in [-0.25, -0.2) is 13.2 Å². The van der Waals surface area contributed by atoms with Gasteiger partial charge >= 0.3 is 12.0 Å². The average molecular weight is 371 g/mol. The number of nitrogens with one attached hydrogen (secondary N) is 2. The first-order valence-corrected chi connectivity index (χ1v) is 9.35. The molecule has 1 aromatic rings. The Hall–Kier alpha value is -2.13. The van der Waals surface area contributed by atoms with Crippen molar-refractivity contribution in [3.8, 4) is 0 Å². The molecule has 1 rings (SSSR count). The second kappa shape index (κ2) is 8.82. The first-order valence-electron chi connectivity index (χ1n) is 7.91. The zero-order chi connectivity index (χ0) is 19.2. The number of benzene rings is 1. The minimum absolute atomic E-state index is 0.0332. The third kappa shape index (κ3) is 6.02. The van der Waals surface area contributed by atoms with Crippen LogP contribution in [0.2, 0.25) is 0 Å². The van der Waals surface area contributed by atoms with Gasteiger partial charge < -0.3 is 15.7 Å². The molecule has 9 heteroatoms. The molecule has 0 aliphatic heterocycles. The Morgan fingerprint density at radius 3 is 2.48 bits per heavy atom. The highest BCUT2D eigenvalue weighted by Gasteiger charge is 2.23. The Balaban J connectivity index is 2.85. The molecule has 140 valence electrons. The fourth-order valence-corrected chi connectivity index (χ4v) is 3.34.